The summed E-state index contributed by atoms with van der Waals surface area (Å²) in [6, 6.07) is 53.8. The second-order valence-corrected chi connectivity index (χ2v) is 25.4. The van der Waals surface area contributed by atoms with E-state index in [1.165, 1.54) is 13.8 Å². The van der Waals surface area contributed by atoms with Gasteiger partial charge >= 0.3 is 0 Å². The smallest absolute Gasteiger partial charge is 0.217 e. The van der Waals surface area contributed by atoms with Crippen LogP contribution in [0.25, 0.3) is 0 Å². The molecule has 1 amide bonds. The third-order valence-corrected chi connectivity index (χ3v) is 18.2. The van der Waals surface area contributed by atoms with Gasteiger partial charge in [-0.15, -0.1) is 0 Å². The second-order valence-electron chi connectivity index (χ2n) is 25.4. The van der Waals surface area contributed by atoms with Crippen molar-refractivity contribution in [3.8, 4) is 0 Å². The van der Waals surface area contributed by atoms with Crippen molar-refractivity contribution in [2.75, 3.05) is 26.4 Å². The van der Waals surface area contributed by atoms with Crippen LogP contribution in [0.15, 0.2) is 182 Å². The Hall–Kier alpha value is -6.17. The number of benzene rings is 6. The summed E-state index contributed by atoms with van der Waals surface area (Å²) >= 11 is 0. The van der Waals surface area contributed by atoms with E-state index >= 15 is 0 Å². The molecule has 0 saturated carbocycles. The van der Waals surface area contributed by atoms with Crippen LogP contribution in [-0.4, -0.2) is 232 Å². The van der Waals surface area contributed by atoms with Gasteiger partial charge in [-0.1, -0.05) is 182 Å². The first-order chi connectivity index (χ1) is 48.6. The summed E-state index contributed by atoms with van der Waals surface area (Å²) in [7, 11) is 0. The monoisotopic (exact) mass is 1390 g/mol. The average molecular weight is 1390 g/mol. The van der Waals surface area contributed by atoms with E-state index in [0.29, 0.717) is 5.56 Å². The van der Waals surface area contributed by atoms with Crippen LogP contribution in [0.3, 0.4) is 0 Å². The molecule has 5 heterocycles. The molecule has 10 N–H and O–H groups in total. The molecule has 26 heteroatoms. The van der Waals surface area contributed by atoms with Crippen LogP contribution in [0.1, 0.15) is 47.2 Å². The van der Waals surface area contributed by atoms with Gasteiger partial charge in [-0.25, -0.2) is 0 Å². The molecule has 5 aliphatic heterocycles. The number of aliphatic hydroxyl groups excluding tert-OH is 9. The summed E-state index contributed by atoms with van der Waals surface area (Å²) in [6.45, 7) is 0.672. The maximum absolute atomic E-state index is 13.4. The molecule has 11 rings (SSSR count). The van der Waals surface area contributed by atoms with Gasteiger partial charge in [-0.05, 0) is 40.3 Å². The fourth-order valence-electron chi connectivity index (χ4n) is 12.7. The minimum atomic E-state index is -2.07. The third kappa shape index (κ3) is 19.6. The van der Waals surface area contributed by atoms with E-state index in [2.05, 4.69) is 5.32 Å². The summed E-state index contributed by atoms with van der Waals surface area (Å²) in [4.78, 5) is 13.4. The van der Waals surface area contributed by atoms with Gasteiger partial charge < -0.3 is 122 Å². The van der Waals surface area contributed by atoms with Crippen molar-refractivity contribution in [3.05, 3.63) is 215 Å². The molecule has 5 saturated heterocycles. The Labute approximate surface area is 579 Å². The summed E-state index contributed by atoms with van der Waals surface area (Å²) < 4.78 is 97.8. The van der Waals surface area contributed by atoms with Gasteiger partial charge in [0.2, 0.25) is 5.91 Å². The molecule has 0 unspecified atom stereocenters. The van der Waals surface area contributed by atoms with Crippen molar-refractivity contribution in [3.63, 3.8) is 0 Å². The minimum absolute atomic E-state index is 0.0181. The number of aliphatic hydroxyl groups is 9. The van der Waals surface area contributed by atoms with Crippen molar-refractivity contribution in [2.45, 2.75) is 207 Å². The topological polar surface area (TPSA) is 350 Å². The second kappa shape index (κ2) is 36.8. The molecule has 0 bridgehead atoms. The van der Waals surface area contributed by atoms with E-state index in [1.807, 2.05) is 158 Å². The normalized spacial score (nSPS) is 34.7. The first kappa shape index (κ1) is 75.0. The Bertz CT molecular complexity index is 3330. The molecule has 5 aliphatic rings. The number of hydrogen-bond donors (Lipinski definition) is 10. The minimum Gasteiger partial charge on any atom is -0.394 e. The maximum atomic E-state index is 13.4. The molecule has 0 aromatic heterocycles. The molecule has 100 heavy (non-hydrogen) atoms. The van der Waals surface area contributed by atoms with Crippen molar-refractivity contribution in [1.82, 2.24) is 5.32 Å². The molecule has 6 aromatic carbocycles. The molecule has 542 valence electrons. The van der Waals surface area contributed by atoms with Crippen LogP contribution in [0, 0.1) is 0 Å². The van der Waals surface area contributed by atoms with E-state index in [9.17, 15) is 50.8 Å². The average Bonchev–Trinajstić information content (AvgIpc) is 0.778. The number of carbonyl (C=O) groups is 1. The Morgan fingerprint density at radius 3 is 1.26 bits per heavy atom. The van der Waals surface area contributed by atoms with Crippen molar-refractivity contribution < 1.29 is 122 Å². The molecule has 0 spiro atoms. The molecule has 26 nitrogen and oxygen atoms in total. The quantitative estimate of drug-likeness (QED) is 0.0299. The van der Waals surface area contributed by atoms with Crippen molar-refractivity contribution in [2.24, 2.45) is 0 Å². The highest BCUT2D eigenvalue weighted by atomic mass is 16.8. The molecule has 5 fully saturated rings. The van der Waals surface area contributed by atoms with Crippen molar-refractivity contribution >= 4 is 5.91 Å². The standard InChI is InChI=1S/C74H91NO25/c1-43-56(78)58(80)60(82)71(94-43)92-42-54-63(87-35-46-23-11-4-12-24-46)62(84)67(89-37-48-27-15-6-16-28-48)74(98-54)99-65-53(40-86-34-45-21-9-3-10-22-45)95-70(85)55(75-44(2)77)66(65)100-72-61(83)59(81)57(79)52(97-72)41-93-73-69(91-39-50-31-19-8-20-32-50)68(90-38-49-29-17-7-18-30-49)64(51(33-76)96-73)88-36-47-25-13-5-14-26-47/h3-32,43,51-74,76,78-85H,33-42H2,1-2H3,(H,75,77)/t43-,51+,52+,53+,54+,55+,56-,57+,58+,59-,60+,61+,62-,63+,64+,65-,66+,67+,68-,69+,70-,71+,72-,73-,74+/m0/s1. The molecular formula is C74H91NO25. The van der Waals surface area contributed by atoms with Crippen LogP contribution >= 0.6 is 0 Å². The summed E-state index contributed by atoms with van der Waals surface area (Å²) in [5.74, 6) is -0.690. The van der Waals surface area contributed by atoms with Gasteiger partial charge in [0.25, 0.3) is 0 Å². The lowest BCUT2D eigenvalue weighted by molar-refractivity contribution is -0.383. The highest BCUT2D eigenvalue weighted by Crippen LogP contribution is 2.38. The summed E-state index contributed by atoms with van der Waals surface area (Å²) in [6.07, 6.45) is -36.6. The number of carbonyl (C=O) groups excluding carboxylic acids is 1. The number of amides is 1. The SMILES string of the molecule is CC(=O)N[C@@H]1[C@@H](O[C@@H]2O[C@H](CO[C@H]3O[C@H](CO)[C@@H](OCc4ccccc4)[C@H](OCc4ccccc4)[C@H]3OCc3ccccc3)[C@@H](O)[C@H](O)[C@H]2O)[C@@H](O[C@H]2O[C@H](CO[C@@H]3O[C@@H](C)[C@H](O)[C@@H](O)[C@H]3O)[C@@H](OCc3ccccc3)[C@H](O)[C@H]2OCc2ccccc2)[C@@H](COCc2ccccc2)O[C@@H]1O. The fourth-order valence-corrected chi connectivity index (χ4v) is 12.7. The van der Waals surface area contributed by atoms with E-state index < -0.39 is 179 Å². The van der Waals surface area contributed by atoms with Gasteiger partial charge in [0, 0.05) is 6.92 Å². The predicted octanol–water partition coefficient (Wildman–Crippen LogP) is 2.59. The van der Waals surface area contributed by atoms with Crippen LogP contribution in [0.5, 0.6) is 0 Å². The molecule has 0 aliphatic carbocycles. The highest BCUT2D eigenvalue weighted by Gasteiger charge is 2.57. The first-order valence-corrected chi connectivity index (χ1v) is 33.6. The lowest BCUT2D eigenvalue weighted by Crippen LogP contribution is -2.70. The Morgan fingerprint density at radius 2 is 0.750 bits per heavy atom. The number of rotatable bonds is 31. The van der Waals surface area contributed by atoms with Gasteiger partial charge in [0.05, 0.1) is 72.2 Å². The van der Waals surface area contributed by atoms with Gasteiger partial charge in [0.1, 0.15) is 116 Å². The zero-order chi connectivity index (χ0) is 70.1. The fraction of sp³-hybridized carbons (Fsp3) is 0.500. The lowest BCUT2D eigenvalue weighted by atomic mass is 9.94. The molecule has 25 atom stereocenters. The number of nitrogens with one attached hydrogen (secondary N) is 1. The van der Waals surface area contributed by atoms with E-state index in [-0.39, 0.29) is 46.2 Å². The van der Waals surface area contributed by atoms with Gasteiger partial charge in [0.15, 0.2) is 31.5 Å². The zero-order valence-electron chi connectivity index (χ0n) is 55.4. The summed E-state index contributed by atoms with van der Waals surface area (Å²) in [5, 5.41) is 107. The Balaban J connectivity index is 0.911. The molecule has 6 aromatic rings. The first-order valence-electron chi connectivity index (χ1n) is 33.6. The molecular weight excluding hydrogens is 1300 g/mol. The van der Waals surface area contributed by atoms with Gasteiger partial charge in [-0.2, -0.15) is 0 Å². The Morgan fingerprint density at radius 1 is 0.350 bits per heavy atom. The van der Waals surface area contributed by atoms with E-state index in [0.717, 1.165) is 27.8 Å². The van der Waals surface area contributed by atoms with E-state index in [1.54, 1.807) is 24.3 Å². The highest BCUT2D eigenvalue weighted by molar-refractivity contribution is 5.73. The summed E-state index contributed by atoms with van der Waals surface area (Å²) in [5.41, 5.74) is 4.60. The van der Waals surface area contributed by atoms with Crippen LogP contribution < -0.4 is 5.32 Å². The Kier molecular flexibility index (Phi) is 27.6. The van der Waals surface area contributed by atoms with E-state index in [4.69, 9.17) is 71.1 Å². The largest absolute Gasteiger partial charge is 0.394 e. The third-order valence-electron chi connectivity index (χ3n) is 18.2. The number of hydrogen-bond acceptors (Lipinski definition) is 25. The van der Waals surface area contributed by atoms with Crippen LogP contribution in [0.4, 0.5) is 0 Å². The zero-order valence-corrected chi connectivity index (χ0v) is 55.4. The molecule has 0 radical (unpaired) electrons. The van der Waals surface area contributed by atoms with Crippen LogP contribution in [-0.2, 0) is 115 Å². The van der Waals surface area contributed by atoms with Gasteiger partial charge in [-0.3, -0.25) is 4.79 Å². The van der Waals surface area contributed by atoms with Crippen molar-refractivity contribution in [1.29, 1.82) is 0 Å². The maximum Gasteiger partial charge on any atom is 0.217 e. The predicted molar refractivity (Wildman–Crippen MR) is 351 cm³/mol. The number of ether oxygens (including phenoxy) is 15. The lowest BCUT2D eigenvalue weighted by Gasteiger charge is -2.50. The van der Waals surface area contributed by atoms with Crippen LogP contribution in [0.2, 0.25) is 0 Å².